The van der Waals surface area contributed by atoms with E-state index in [0.29, 0.717) is 12.7 Å². The number of carbonyl (C=O) groups is 1. The van der Waals surface area contributed by atoms with Gasteiger partial charge in [0.1, 0.15) is 0 Å². The van der Waals surface area contributed by atoms with Gasteiger partial charge < -0.3 is 25.0 Å². The number of amides is 2. The smallest absolute Gasteiger partial charge is 0.317 e. The normalized spacial score (nSPS) is 22.5. The van der Waals surface area contributed by atoms with E-state index in [-0.39, 0.29) is 12.6 Å². The number of nitrogens with one attached hydrogen (secondary N) is 1. The Morgan fingerprint density at radius 1 is 1.28 bits per heavy atom. The molecule has 0 unspecified atom stereocenters. The van der Waals surface area contributed by atoms with Crippen LogP contribution < -0.4 is 5.32 Å². The molecule has 2 N–H and O–H groups in total. The maximum atomic E-state index is 11.4. The maximum Gasteiger partial charge on any atom is 0.317 e. The van der Waals surface area contributed by atoms with Crippen LogP contribution in [0.5, 0.6) is 0 Å². The molecule has 104 valence electrons. The number of urea groups is 1. The first-order valence-electron chi connectivity index (χ1n) is 6.77. The number of ether oxygens (including phenoxy) is 1. The van der Waals surface area contributed by atoms with Gasteiger partial charge in [-0.2, -0.15) is 0 Å². The van der Waals surface area contributed by atoms with E-state index in [4.69, 9.17) is 9.84 Å². The monoisotopic (exact) mass is 257 g/mol. The molecule has 2 amide bonds. The van der Waals surface area contributed by atoms with Crippen molar-refractivity contribution in [3.05, 3.63) is 0 Å². The number of rotatable bonds is 6. The molecule has 0 aromatic heterocycles. The highest BCUT2D eigenvalue weighted by Crippen LogP contribution is 2.13. The van der Waals surface area contributed by atoms with Crippen molar-refractivity contribution in [1.82, 2.24) is 15.1 Å². The van der Waals surface area contributed by atoms with Gasteiger partial charge in [-0.1, -0.05) is 0 Å². The lowest BCUT2D eigenvalue weighted by molar-refractivity contribution is -0.00825. The van der Waals surface area contributed by atoms with Gasteiger partial charge >= 0.3 is 6.03 Å². The third-order valence-corrected chi connectivity index (χ3v) is 3.61. The number of aliphatic hydroxyl groups is 1. The van der Waals surface area contributed by atoms with E-state index in [0.717, 1.165) is 52.1 Å². The predicted molar refractivity (Wildman–Crippen MR) is 67.5 cm³/mol. The highest BCUT2D eigenvalue weighted by molar-refractivity contribution is 5.76. The minimum Gasteiger partial charge on any atom is -0.394 e. The van der Waals surface area contributed by atoms with Crippen LogP contribution in [0.25, 0.3) is 0 Å². The molecule has 2 aliphatic heterocycles. The number of piperidine rings is 1. The fraction of sp³-hybridized carbons (Fsp3) is 0.917. The topological polar surface area (TPSA) is 65.0 Å². The van der Waals surface area contributed by atoms with Crippen LogP contribution in [0, 0.1) is 0 Å². The van der Waals surface area contributed by atoms with Gasteiger partial charge in [0.05, 0.1) is 19.3 Å². The molecule has 0 bridgehead atoms. The Labute approximate surface area is 108 Å². The van der Waals surface area contributed by atoms with Gasteiger partial charge in [-0.25, -0.2) is 4.79 Å². The number of hydrogen-bond donors (Lipinski definition) is 2. The summed E-state index contributed by atoms with van der Waals surface area (Å²) in [5.41, 5.74) is 0. The molecule has 0 spiro atoms. The second kappa shape index (κ2) is 6.92. The average molecular weight is 257 g/mol. The molecule has 18 heavy (non-hydrogen) atoms. The highest BCUT2D eigenvalue weighted by atomic mass is 16.5. The van der Waals surface area contributed by atoms with E-state index < -0.39 is 0 Å². The molecule has 2 rings (SSSR count). The first kappa shape index (κ1) is 13.6. The summed E-state index contributed by atoms with van der Waals surface area (Å²) in [5, 5.41) is 11.5. The Morgan fingerprint density at radius 2 is 2.06 bits per heavy atom. The lowest BCUT2D eigenvalue weighted by Gasteiger charge is -2.32. The van der Waals surface area contributed by atoms with Crippen LogP contribution in [0.1, 0.15) is 12.8 Å². The number of hydrogen-bond acceptors (Lipinski definition) is 4. The largest absolute Gasteiger partial charge is 0.394 e. The van der Waals surface area contributed by atoms with Crippen LogP contribution in [0.2, 0.25) is 0 Å². The first-order chi connectivity index (χ1) is 8.79. The van der Waals surface area contributed by atoms with E-state index in [9.17, 15) is 4.79 Å². The summed E-state index contributed by atoms with van der Waals surface area (Å²) >= 11 is 0. The lowest BCUT2D eigenvalue weighted by atomic mass is 10.1. The van der Waals surface area contributed by atoms with Gasteiger partial charge in [0, 0.05) is 39.3 Å². The van der Waals surface area contributed by atoms with Crippen LogP contribution in [-0.4, -0.2) is 79.5 Å². The highest BCUT2D eigenvalue weighted by Gasteiger charge is 2.22. The summed E-state index contributed by atoms with van der Waals surface area (Å²) in [7, 11) is 0. The van der Waals surface area contributed by atoms with Crippen LogP contribution in [0.4, 0.5) is 4.79 Å². The number of carbonyl (C=O) groups excluding carboxylic acids is 1. The summed E-state index contributed by atoms with van der Waals surface area (Å²) in [6.07, 6.45) is 2.33. The summed E-state index contributed by atoms with van der Waals surface area (Å²) in [6.45, 7) is 5.94. The van der Waals surface area contributed by atoms with Crippen LogP contribution in [-0.2, 0) is 4.74 Å². The second-order valence-electron chi connectivity index (χ2n) is 4.85. The van der Waals surface area contributed by atoms with Crippen molar-refractivity contribution in [2.75, 3.05) is 52.5 Å². The molecule has 0 atom stereocenters. The summed E-state index contributed by atoms with van der Waals surface area (Å²) in [4.78, 5) is 15.6. The summed E-state index contributed by atoms with van der Waals surface area (Å²) in [6, 6.07) is 0.0659. The zero-order chi connectivity index (χ0) is 12.8. The third-order valence-electron chi connectivity index (χ3n) is 3.61. The van der Waals surface area contributed by atoms with Crippen molar-refractivity contribution in [1.29, 1.82) is 0 Å². The van der Waals surface area contributed by atoms with E-state index in [2.05, 4.69) is 10.2 Å². The fourth-order valence-corrected chi connectivity index (χ4v) is 2.51. The van der Waals surface area contributed by atoms with Gasteiger partial charge in [0.15, 0.2) is 0 Å². The number of likely N-dealkylation sites (tertiary alicyclic amines) is 1. The van der Waals surface area contributed by atoms with Crippen molar-refractivity contribution < 1.29 is 14.6 Å². The van der Waals surface area contributed by atoms with Crippen molar-refractivity contribution in [2.24, 2.45) is 0 Å². The molecule has 0 aromatic carbocycles. The quantitative estimate of drug-likeness (QED) is 0.672. The van der Waals surface area contributed by atoms with Crippen LogP contribution in [0.3, 0.4) is 0 Å². The minimum absolute atomic E-state index is 0.0659. The maximum absolute atomic E-state index is 11.4. The van der Waals surface area contributed by atoms with E-state index in [1.165, 1.54) is 0 Å². The number of aliphatic hydroxyl groups excluding tert-OH is 1. The van der Waals surface area contributed by atoms with E-state index in [1.54, 1.807) is 0 Å². The summed E-state index contributed by atoms with van der Waals surface area (Å²) in [5.74, 6) is 0. The molecule has 2 saturated heterocycles. The Morgan fingerprint density at radius 3 is 2.67 bits per heavy atom. The van der Waals surface area contributed by atoms with Gasteiger partial charge in [0.25, 0.3) is 0 Å². The molecule has 6 nitrogen and oxygen atoms in total. The van der Waals surface area contributed by atoms with Gasteiger partial charge in [0.2, 0.25) is 0 Å². The van der Waals surface area contributed by atoms with Crippen LogP contribution >= 0.6 is 0 Å². The Hall–Kier alpha value is -0.850. The Bertz CT molecular complexity index is 267. The average Bonchev–Trinajstić information content (AvgIpc) is 2.81. The van der Waals surface area contributed by atoms with E-state index >= 15 is 0 Å². The minimum atomic E-state index is 0.0659. The SMILES string of the molecule is O=C1NCCN1CCN1CCC(OCCO)CC1. The van der Waals surface area contributed by atoms with Gasteiger partial charge in [-0.3, -0.25) is 0 Å². The first-order valence-corrected chi connectivity index (χ1v) is 6.77. The molecule has 2 heterocycles. The Balaban J connectivity index is 1.60. The predicted octanol–water partition coefficient (Wildman–Crippen LogP) is -0.515. The molecule has 0 saturated carbocycles. The van der Waals surface area contributed by atoms with Crippen molar-refractivity contribution in [2.45, 2.75) is 18.9 Å². The molecule has 0 radical (unpaired) electrons. The number of nitrogens with zero attached hydrogens (tertiary/aromatic N) is 2. The third kappa shape index (κ3) is 3.83. The standard InChI is InChI=1S/C12H23N3O3/c16-9-10-18-11-1-4-14(5-2-11)7-8-15-6-3-13-12(15)17/h11,16H,1-10H2,(H,13,17). The zero-order valence-electron chi connectivity index (χ0n) is 10.8. The van der Waals surface area contributed by atoms with Crippen LogP contribution in [0.15, 0.2) is 0 Å². The van der Waals surface area contributed by atoms with Gasteiger partial charge in [-0.15, -0.1) is 0 Å². The summed E-state index contributed by atoms with van der Waals surface area (Å²) < 4.78 is 5.52. The van der Waals surface area contributed by atoms with E-state index in [1.807, 2.05) is 4.90 Å². The molecular formula is C12H23N3O3. The Kier molecular flexibility index (Phi) is 5.22. The zero-order valence-corrected chi connectivity index (χ0v) is 10.8. The van der Waals surface area contributed by atoms with Gasteiger partial charge in [-0.05, 0) is 12.8 Å². The molecule has 2 fully saturated rings. The second-order valence-corrected chi connectivity index (χ2v) is 4.85. The van der Waals surface area contributed by atoms with Crippen molar-refractivity contribution >= 4 is 6.03 Å². The van der Waals surface area contributed by atoms with Crippen molar-refractivity contribution in [3.63, 3.8) is 0 Å². The molecule has 0 aliphatic carbocycles. The molecule has 2 aliphatic rings. The lowest BCUT2D eigenvalue weighted by Crippen LogP contribution is -2.42. The van der Waals surface area contributed by atoms with Crippen molar-refractivity contribution in [3.8, 4) is 0 Å². The fourth-order valence-electron chi connectivity index (χ4n) is 2.51. The molecular weight excluding hydrogens is 234 g/mol. The molecule has 0 aromatic rings. The molecule has 6 heteroatoms.